The van der Waals surface area contributed by atoms with Crippen molar-refractivity contribution in [2.75, 3.05) is 23.7 Å². The number of nitrogens with one attached hydrogen (secondary N) is 2. The molecule has 1 aliphatic heterocycles. The SMILES string of the molecule is Cc1ccc(-n2nc(C(C)(C)C)cc2NC(=O)Nc2ccc(-c3ccc(CN4CCCC(C(N)=O)C4)cc3)c3ccccc23)cn1. The Labute approximate surface area is 269 Å². The predicted molar refractivity (Wildman–Crippen MR) is 184 cm³/mol. The van der Waals surface area contributed by atoms with Crippen molar-refractivity contribution in [1.29, 1.82) is 0 Å². The molecule has 4 N–H and O–H groups in total. The van der Waals surface area contributed by atoms with Crippen LogP contribution in [0.15, 0.2) is 85.1 Å². The highest BCUT2D eigenvalue weighted by atomic mass is 16.2. The van der Waals surface area contributed by atoms with Crippen molar-refractivity contribution in [2.24, 2.45) is 11.7 Å². The molecule has 9 nitrogen and oxygen atoms in total. The number of carbonyl (C=O) groups excluding carboxylic acids is 2. The number of fused-ring (bicyclic) bond motifs is 1. The van der Waals surface area contributed by atoms with E-state index in [9.17, 15) is 9.59 Å². The number of rotatable bonds is 7. The number of hydrogen-bond donors (Lipinski definition) is 3. The van der Waals surface area contributed by atoms with Crippen LogP contribution in [0.3, 0.4) is 0 Å². The lowest BCUT2D eigenvalue weighted by atomic mass is 9.92. The van der Waals surface area contributed by atoms with Gasteiger partial charge in [0.1, 0.15) is 5.82 Å². The topological polar surface area (TPSA) is 118 Å². The highest BCUT2D eigenvalue weighted by Gasteiger charge is 2.24. The zero-order valence-corrected chi connectivity index (χ0v) is 26.9. The van der Waals surface area contributed by atoms with Gasteiger partial charge in [0.15, 0.2) is 0 Å². The lowest BCUT2D eigenvalue weighted by molar-refractivity contribution is -0.123. The van der Waals surface area contributed by atoms with Gasteiger partial charge in [0.2, 0.25) is 5.91 Å². The van der Waals surface area contributed by atoms with E-state index in [1.54, 1.807) is 10.9 Å². The van der Waals surface area contributed by atoms with Crippen molar-refractivity contribution >= 4 is 34.2 Å². The molecule has 46 heavy (non-hydrogen) atoms. The first-order valence-corrected chi connectivity index (χ1v) is 15.8. The molecule has 3 aromatic carbocycles. The largest absolute Gasteiger partial charge is 0.369 e. The molecule has 0 bridgehead atoms. The molecule has 5 aromatic rings. The van der Waals surface area contributed by atoms with Crippen molar-refractivity contribution < 1.29 is 9.59 Å². The molecule has 0 saturated carbocycles. The van der Waals surface area contributed by atoms with Crippen LogP contribution in [0.2, 0.25) is 0 Å². The van der Waals surface area contributed by atoms with Crippen molar-refractivity contribution in [3.05, 3.63) is 102 Å². The van der Waals surface area contributed by atoms with Crippen molar-refractivity contribution in [3.8, 4) is 16.8 Å². The van der Waals surface area contributed by atoms with Gasteiger partial charge in [-0.15, -0.1) is 0 Å². The second-order valence-electron chi connectivity index (χ2n) is 13.2. The molecule has 1 fully saturated rings. The summed E-state index contributed by atoms with van der Waals surface area (Å²) in [4.78, 5) is 31.9. The Morgan fingerprint density at radius 3 is 2.41 bits per heavy atom. The van der Waals surface area contributed by atoms with Crippen LogP contribution in [-0.4, -0.2) is 44.7 Å². The summed E-state index contributed by atoms with van der Waals surface area (Å²) in [5.74, 6) is 0.287. The fourth-order valence-electron chi connectivity index (χ4n) is 6.03. The maximum atomic E-state index is 13.4. The zero-order valence-electron chi connectivity index (χ0n) is 26.9. The lowest BCUT2D eigenvalue weighted by Crippen LogP contribution is -2.40. The van der Waals surface area contributed by atoms with Gasteiger partial charge in [0.25, 0.3) is 0 Å². The molecule has 0 radical (unpaired) electrons. The smallest absolute Gasteiger partial charge is 0.324 e. The second-order valence-corrected chi connectivity index (χ2v) is 13.2. The van der Waals surface area contributed by atoms with Gasteiger partial charge in [-0.05, 0) is 66.6 Å². The fraction of sp³-hybridized carbons (Fsp3) is 0.297. The third kappa shape index (κ3) is 6.79. The first-order valence-electron chi connectivity index (χ1n) is 15.8. The van der Waals surface area contributed by atoms with Crippen LogP contribution in [0.1, 0.15) is 50.6 Å². The summed E-state index contributed by atoms with van der Waals surface area (Å²) in [5, 5.41) is 12.9. The molecule has 3 heterocycles. The molecule has 9 heteroatoms. The van der Waals surface area contributed by atoms with Gasteiger partial charge in [0, 0.05) is 35.7 Å². The number of primary amides is 1. The number of likely N-dealkylation sites (tertiary alicyclic amines) is 1. The molecule has 3 amide bonds. The molecule has 236 valence electrons. The average Bonchev–Trinajstić information content (AvgIpc) is 3.46. The van der Waals surface area contributed by atoms with E-state index in [4.69, 9.17) is 10.8 Å². The van der Waals surface area contributed by atoms with E-state index < -0.39 is 0 Å². The highest BCUT2D eigenvalue weighted by molar-refractivity contribution is 6.09. The summed E-state index contributed by atoms with van der Waals surface area (Å²) in [6.45, 7) is 10.7. The fourth-order valence-corrected chi connectivity index (χ4v) is 6.03. The molecular weight excluding hydrogens is 574 g/mol. The lowest BCUT2D eigenvalue weighted by Gasteiger charge is -2.31. The first-order chi connectivity index (χ1) is 22.0. The molecule has 6 rings (SSSR count). The molecular formula is C37H41N7O2. The maximum absolute atomic E-state index is 13.4. The van der Waals surface area contributed by atoms with Gasteiger partial charge in [-0.25, -0.2) is 9.48 Å². The number of hydrogen-bond acceptors (Lipinski definition) is 5. The molecule has 1 atom stereocenters. The number of pyridine rings is 1. The minimum atomic E-state index is -0.361. The molecule has 2 aromatic heterocycles. The van der Waals surface area contributed by atoms with Crippen LogP contribution < -0.4 is 16.4 Å². The second kappa shape index (κ2) is 12.8. The van der Waals surface area contributed by atoms with Gasteiger partial charge in [-0.2, -0.15) is 5.10 Å². The summed E-state index contributed by atoms with van der Waals surface area (Å²) in [6.07, 6.45) is 3.61. The minimum absolute atomic E-state index is 0.0674. The Balaban J connectivity index is 1.21. The number of carbonyl (C=O) groups is 2. The Hall–Kier alpha value is -5.02. The molecule has 1 aliphatic rings. The number of anilines is 2. The Bertz CT molecular complexity index is 1870. The number of piperidine rings is 1. The van der Waals surface area contributed by atoms with Crippen LogP contribution >= 0.6 is 0 Å². The Morgan fingerprint density at radius 2 is 1.72 bits per heavy atom. The van der Waals surface area contributed by atoms with E-state index in [1.807, 2.05) is 49.4 Å². The minimum Gasteiger partial charge on any atom is -0.369 e. The summed E-state index contributed by atoms with van der Waals surface area (Å²) >= 11 is 0. The zero-order chi connectivity index (χ0) is 32.4. The molecule has 1 unspecified atom stereocenters. The standard InChI is InChI=1S/C37H41N7O2/c1-24-11-16-28(21-39-24)44-34(20-33(42-44)37(2,3)4)41-36(46)40-32-18-17-29(30-9-5-6-10-31(30)32)26-14-12-25(13-15-26)22-43-19-7-8-27(23-43)35(38)45/h5-6,9-18,20-21,27H,7-8,19,22-23H2,1-4H3,(H2,38,45)(H2,40,41,46). The number of aromatic nitrogens is 3. The number of nitrogens with two attached hydrogens (primary N) is 1. The Morgan fingerprint density at radius 1 is 0.957 bits per heavy atom. The molecule has 0 spiro atoms. The highest BCUT2D eigenvalue weighted by Crippen LogP contribution is 2.34. The first kappa shape index (κ1) is 31.0. The van der Waals surface area contributed by atoms with Crippen molar-refractivity contribution in [3.63, 3.8) is 0 Å². The Kier molecular flexibility index (Phi) is 8.60. The summed E-state index contributed by atoms with van der Waals surface area (Å²) < 4.78 is 1.72. The van der Waals surface area contributed by atoms with Crippen LogP contribution in [-0.2, 0) is 16.8 Å². The van der Waals surface area contributed by atoms with E-state index in [-0.39, 0.29) is 23.3 Å². The van der Waals surface area contributed by atoms with E-state index in [2.05, 4.69) is 77.7 Å². The van der Waals surface area contributed by atoms with Crippen LogP contribution in [0.4, 0.5) is 16.3 Å². The van der Waals surface area contributed by atoms with Gasteiger partial charge in [-0.3, -0.25) is 20.0 Å². The van der Waals surface area contributed by atoms with Crippen LogP contribution in [0, 0.1) is 12.8 Å². The predicted octanol–water partition coefficient (Wildman–Crippen LogP) is 7.03. The number of nitrogens with zero attached hydrogens (tertiary/aromatic N) is 4. The number of benzene rings is 3. The van der Waals surface area contributed by atoms with E-state index in [1.165, 1.54) is 5.56 Å². The summed E-state index contributed by atoms with van der Waals surface area (Å²) in [5.41, 5.74) is 12.0. The van der Waals surface area contributed by atoms with Crippen molar-refractivity contribution in [1.82, 2.24) is 19.7 Å². The summed E-state index contributed by atoms with van der Waals surface area (Å²) in [6, 6.07) is 26.1. The quantitative estimate of drug-likeness (QED) is 0.182. The average molecular weight is 616 g/mol. The third-order valence-corrected chi connectivity index (χ3v) is 8.61. The van der Waals surface area contributed by atoms with E-state index in [0.717, 1.165) is 64.9 Å². The molecule has 0 aliphatic carbocycles. The van der Waals surface area contributed by atoms with Gasteiger partial charge >= 0.3 is 6.03 Å². The van der Waals surface area contributed by atoms with Gasteiger partial charge < -0.3 is 11.1 Å². The van der Waals surface area contributed by atoms with Gasteiger partial charge in [0.05, 0.1) is 29.2 Å². The number of aryl methyl sites for hydroxylation is 1. The van der Waals surface area contributed by atoms with E-state index >= 15 is 0 Å². The number of amides is 3. The van der Waals surface area contributed by atoms with Crippen LogP contribution in [0.5, 0.6) is 0 Å². The monoisotopic (exact) mass is 615 g/mol. The molecule has 1 saturated heterocycles. The summed E-state index contributed by atoms with van der Waals surface area (Å²) in [7, 11) is 0. The maximum Gasteiger partial charge on any atom is 0.324 e. The van der Waals surface area contributed by atoms with Crippen molar-refractivity contribution in [2.45, 2.75) is 52.5 Å². The van der Waals surface area contributed by atoms with Gasteiger partial charge in [-0.1, -0.05) is 75.4 Å². The third-order valence-electron chi connectivity index (χ3n) is 8.61. The number of urea groups is 1. The van der Waals surface area contributed by atoms with Crippen LogP contribution in [0.25, 0.3) is 27.6 Å². The van der Waals surface area contributed by atoms with E-state index in [0.29, 0.717) is 18.1 Å². The normalized spacial score (nSPS) is 15.5.